The second kappa shape index (κ2) is 11.1. The van der Waals surface area contributed by atoms with E-state index in [1.807, 2.05) is 13.8 Å². The molecule has 2 atom stereocenters. The van der Waals surface area contributed by atoms with E-state index in [4.69, 9.17) is 0 Å². The molecule has 0 aromatic heterocycles. The van der Waals surface area contributed by atoms with Gasteiger partial charge in [0.05, 0.1) is 5.41 Å². The van der Waals surface area contributed by atoms with Crippen molar-refractivity contribution in [2.45, 2.75) is 111 Å². The minimum absolute atomic E-state index is 0.172. The molecule has 0 saturated carbocycles. The van der Waals surface area contributed by atoms with Crippen molar-refractivity contribution in [1.82, 2.24) is 0 Å². The van der Waals surface area contributed by atoms with Gasteiger partial charge >= 0.3 is 0 Å². The monoisotopic (exact) mass is 332 g/mol. The standard InChI is InChI=1S/C20H38F2O/c1-6-8-9-10-11-12-13-15-19(5,18(4)23)20(21,22)16-14-17(3)7-2/h17H,6-16H2,1-5H3. The van der Waals surface area contributed by atoms with Gasteiger partial charge in [-0.25, -0.2) is 8.78 Å². The van der Waals surface area contributed by atoms with E-state index >= 15 is 0 Å². The molecule has 0 bridgehead atoms. The minimum atomic E-state index is -2.90. The molecule has 0 saturated heterocycles. The molecule has 0 amide bonds. The summed E-state index contributed by atoms with van der Waals surface area (Å²) in [6, 6.07) is 0. The van der Waals surface area contributed by atoms with E-state index in [0.29, 0.717) is 12.8 Å². The third kappa shape index (κ3) is 7.76. The van der Waals surface area contributed by atoms with Gasteiger partial charge in [0, 0.05) is 6.42 Å². The van der Waals surface area contributed by atoms with Crippen molar-refractivity contribution in [3.05, 3.63) is 0 Å². The Labute approximate surface area is 142 Å². The SMILES string of the molecule is CCCCCCCCCC(C)(C(C)=O)C(F)(F)CCC(C)CC. The maximum Gasteiger partial charge on any atom is 0.260 e. The normalized spacial score (nSPS) is 16.1. The zero-order valence-corrected chi connectivity index (χ0v) is 16.0. The molecular formula is C20H38F2O. The topological polar surface area (TPSA) is 17.1 Å². The van der Waals surface area contributed by atoms with Crippen LogP contribution in [0.3, 0.4) is 0 Å². The van der Waals surface area contributed by atoms with Gasteiger partial charge in [-0.1, -0.05) is 72.1 Å². The lowest BCUT2D eigenvalue weighted by atomic mass is 9.73. The third-order valence-corrected chi connectivity index (χ3v) is 5.51. The van der Waals surface area contributed by atoms with Crippen LogP contribution in [0.4, 0.5) is 8.78 Å². The Morgan fingerprint density at radius 3 is 1.96 bits per heavy atom. The number of carbonyl (C=O) groups is 1. The summed E-state index contributed by atoms with van der Waals surface area (Å²) in [4.78, 5) is 12.0. The summed E-state index contributed by atoms with van der Waals surface area (Å²) in [7, 11) is 0. The van der Waals surface area contributed by atoms with E-state index in [0.717, 1.165) is 25.7 Å². The molecule has 2 unspecified atom stereocenters. The van der Waals surface area contributed by atoms with E-state index < -0.39 is 11.3 Å². The van der Waals surface area contributed by atoms with Crippen LogP contribution in [0, 0.1) is 11.3 Å². The molecule has 0 aromatic rings. The van der Waals surface area contributed by atoms with E-state index in [-0.39, 0.29) is 18.1 Å². The smallest absolute Gasteiger partial charge is 0.260 e. The summed E-state index contributed by atoms with van der Waals surface area (Å²) in [6.07, 6.45) is 9.16. The van der Waals surface area contributed by atoms with Gasteiger partial charge in [0.1, 0.15) is 5.78 Å². The lowest BCUT2D eigenvalue weighted by Gasteiger charge is -2.36. The van der Waals surface area contributed by atoms with Gasteiger partial charge < -0.3 is 0 Å². The summed E-state index contributed by atoms with van der Waals surface area (Å²) in [5, 5.41) is 0. The number of hydrogen-bond donors (Lipinski definition) is 0. The third-order valence-electron chi connectivity index (χ3n) is 5.51. The van der Waals surface area contributed by atoms with Crippen LogP contribution in [0.25, 0.3) is 0 Å². The zero-order valence-electron chi connectivity index (χ0n) is 16.0. The molecule has 138 valence electrons. The molecule has 0 aromatic carbocycles. The van der Waals surface area contributed by atoms with Crippen molar-refractivity contribution < 1.29 is 13.6 Å². The van der Waals surface area contributed by atoms with Crippen molar-refractivity contribution in [1.29, 1.82) is 0 Å². The number of hydrogen-bond acceptors (Lipinski definition) is 1. The van der Waals surface area contributed by atoms with Gasteiger partial charge in [0.15, 0.2) is 0 Å². The van der Waals surface area contributed by atoms with Gasteiger partial charge in [0.2, 0.25) is 0 Å². The molecule has 0 fully saturated rings. The summed E-state index contributed by atoms with van der Waals surface area (Å²) in [6.45, 7) is 9.00. The van der Waals surface area contributed by atoms with Crippen LogP contribution in [0.5, 0.6) is 0 Å². The number of alkyl halides is 2. The summed E-state index contributed by atoms with van der Waals surface area (Å²) >= 11 is 0. The summed E-state index contributed by atoms with van der Waals surface area (Å²) < 4.78 is 29.3. The number of carbonyl (C=O) groups excluding carboxylic acids is 1. The largest absolute Gasteiger partial charge is 0.299 e. The molecule has 0 radical (unpaired) electrons. The number of rotatable bonds is 14. The molecule has 0 heterocycles. The molecule has 0 spiro atoms. The summed E-state index contributed by atoms with van der Waals surface area (Å²) in [5.74, 6) is -2.97. The van der Waals surface area contributed by atoms with Crippen LogP contribution in [-0.2, 0) is 4.79 Å². The van der Waals surface area contributed by atoms with Crippen molar-refractivity contribution in [3.8, 4) is 0 Å². The predicted molar refractivity (Wildman–Crippen MR) is 95.0 cm³/mol. The van der Waals surface area contributed by atoms with Gasteiger partial charge in [0.25, 0.3) is 5.92 Å². The first kappa shape index (κ1) is 22.5. The van der Waals surface area contributed by atoms with Crippen molar-refractivity contribution in [3.63, 3.8) is 0 Å². The molecule has 3 heteroatoms. The Hall–Kier alpha value is -0.470. The molecule has 1 nitrogen and oxygen atoms in total. The predicted octanol–water partition coefficient (Wildman–Crippen LogP) is 7.18. The van der Waals surface area contributed by atoms with Crippen LogP contribution in [0.2, 0.25) is 0 Å². The maximum absolute atomic E-state index is 14.7. The van der Waals surface area contributed by atoms with Crippen LogP contribution in [0.15, 0.2) is 0 Å². The van der Waals surface area contributed by atoms with E-state index in [1.165, 1.54) is 39.5 Å². The average Bonchev–Trinajstić information content (AvgIpc) is 2.51. The van der Waals surface area contributed by atoms with E-state index in [9.17, 15) is 13.6 Å². The van der Waals surface area contributed by atoms with Gasteiger partial charge in [-0.2, -0.15) is 0 Å². The molecule has 0 aliphatic rings. The fraction of sp³-hybridized carbons (Fsp3) is 0.950. The van der Waals surface area contributed by atoms with Crippen molar-refractivity contribution in [2.75, 3.05) is 0 Å². The molecule has 0 aliphatic carbocycles. The van der Waals surface area contributed by atoms with Crippen LogP contribution in [0.1, 0.15) is 105 Å². The highest BCUT2D eigenvalue weighted by atomic mass is 19.3. The summed E-state index contributed by atoms with van der Waals surface area (Å²) in [5.41, 5.74) is -1.50. The van der Waals surface area contributed by atoms with Gasteiger partial charge in [-0.3, -0.25) is 4.79 Å². The van der Waals surface area contributed by atoms with Crippen LogP contribution >= 0.6 is 0 Å². The Kier molecular flexibility index (Phi) is 10.9. The highest BCUT2D eigenvalue weighted by molar-refractivity contribution is 5.83. The minimum Gasteiger partial charge on any atom is -0.299 e. The molecule has 0 aliphatic heterocycles. The number of halogens is 2. The maximum atomic E-state index is 14.7. The highest BCUT2D eigenvalue weighted by Crippen LogP contribution is 2.45. The fourth-order valence-electron chi connectivity index (χ4n) is 2.96. The van der Waals surface area contributed by atoms with Gasteiger partial charge in [-0.15, -0.1) is 0 Å². The fourth-order valence-corrected chi connectivity index (χ4v) is 2.96. The number of ketones is 1. The second-order valence-electron chi connectivity index (χ2n) is 7.52. The van der Waals surface area contributed by atoms with Crippen LogP contribution < -0.4 is 0 Å². The van der Waals surface area contributed by atoms with Gasteiger partial charge in [-0.05, 0) is 32.6 Å². The second-order valence-corrected chi connectivity index (χ2v) is 7.52. The molecular weight excluding hydrogens is 294 g/mol. The average molecular weight is 333 g/mol. The Bertz CT molecular complexity index is 328. The van der Waals surface area contributed by atoms with E-state index in [2.05, 4.69) is 6.92 Å². The Morgan fingerprint density at radius 1 is 0.957 bits per heavy atom. The zero-order chi connectivity index (χ0) is 17.9. The van der Waals surface area contributed by atoms with Crippen molar-refractivity contribution in [2.24, 2.45) is 11.3 Å². The number of unbranched alkanes of at least 4 members (excludes halogenated alkanes) is 6. The quantitative estimate of drug-likeness (QED) is 0.308. The lowest BCUT2D eigenvalue weighted by Crippen LogP contribution is -2.44. The Morgan fingerprint density at radius 2 is 1.48 bits per heavy atom. The first-order valence-electron chi connectivity index (χ1n) is 9.60. The Balaban J connectivity index is 4.45. The molecule has 0 N–H and O–H groups in total. The first-order valence-corrected chi connectivity index (χ1v) is 9.60. The first-order chi connectivity index (χ1) is 10.7. The van der Waals surface area contributed by atoms with Crippen molar-refractivity contribution >= 4 is 5.78 Å². The van der Waals surface area contributed by atoms with Crippen LogP contribution in [-0.4, -0.2) is 11.7 Å². The lowest BCUT2D eigenvalue weighted by molar-refractivity contribution is -0.159. The highest BCUT2D eigenvalue weighted by Gasteiger charge is 2.52. The number of Topliss-reactive ketones (excluding diaryl/α,β-unsaturated/α-hetero) is 1. The molecule has 23 heavy (non-hydrogen) atoms. The molecule has 0 rings (SSSR count). The van der Waals surface area contributed by atoms with E-state index in [1.54, 1.807) is 0 Å².